The van der Waals surface area contributed by atoms with Crippen molar-refractivity contribution in [2.24, 2.45) is 0 Å². The number of benzene rings is 1. The van der Waals surface area contributed by atoms with Gasteiger partial charge in [0, 0.05) is 36.0 Å². The second-order valence-electron chi connectivity index (χ2n) is 5.53. The summed E-state index contributed by atoms with van der Waals surface area (Å²) in [7, 11) is 1.58. The fraction of sp³-hybridized carbons (Fsp3) is 0.467. The molecular formula is C15H15Cl2NO4. The van der Waals surface area contributed by atoms with Crippen molar-refractivity contribution in [3.05, 3.63) is 33.8 Å². The van der Waals surface area contributed by atoms with Crippen LogP contribution in [0.5, 0.6) is 0 Å². The minimum absolute atomic E-state index is 0.216. The van der Waals surface area contributed by atoms with Gasteiger partial charge in [-0.25, -0.2) is 0 Å². The molecule has 1 unspecified atom stereocenters. The maximum absolute atomic E-state index is 12.8. The summed E-state index contributed by atoms with van der Waals surface area (Å²) in [5, 5.41) is 2.52. The highest BCUT2D eigenvalue weighted by Crippen LogP contribution is 2.41. The summed E-state index contributed by atoms with van der Waals surface area (Å²) >= 11 is 11.9. The Hall–Kier alpha value is -1.14. The number of ketones is 1. The average molecular weight is 344 g/mol. The molecule has 0 radical (unpaired) electrons. The molecule has 5 nitrogen and oxygen atoms in total. The molecule has 0 N–H and O–H groups in total. The van der Waals surface area contributed by atoms with Crippen LogP contribution in [0.2, 0.25) is 10.0 Å². The zero-order chi connectivity index (χ0) is 15.9. The summed E-state index contributed by atoms with van der Waals surface area (Å²) in [6.07, 6.45) is 0.854. The Bertz CT molecular complexity index is 606. The van der Waals surface area contributed by atoms with Crippen molar-refractivity contribution in [3.63, 3.8) is 0 Å². The number of esters is 1. The number of rotatable bonds is 2. The fourth-order valence-electron chi connectivity index (χ4n) is 3.08. The number of nitrogens with zero attached hydrogens (tertiary/aromatic N) is 1. The minimum Gasteiger partial charge on any atom is -0.450 e. The first-order valence-corrected chi connectivity index (χ1v) is 7.73. The number of ether oxygens (including phenoxy) is 1. The first-order valence-electron chi connectivity index (χ1n) is 6.97. The fourth-order valence-corrected chi connectivity index (χ4v) is 3.62. The van der Waals surface area contributed by atoms with E-state index in [9.17, 15) is 9.59 Å². The van der Waals surface area contributed by atoms with Gasteiger partial charge in [0.25, 0.3) is 0 Å². The Morgan fingerprint density at radius 2 is 1.77 bits per heavy atom. The lowest BCUT2D eigenvalue weighted by Gasteiger charge is -2.35. The van der Waals surface area contributed by atoms with Gasteiger partial charge in [0.15, 0.2) is 11.4 Å². The van der Waals surface area contributed by atoms with Crippen LogP contribution in [-0.4, -0.2) is 42.6 Å². The number of carbonyl (C=O) groups is 2. The number of Topliss-reactive ketones (excluding diaryl/α,β-unsaturated/α-hetero) is 1. The van der Waals surface area contributed by atoms with Crippen molar-refractivity contribution in [1.29, 1.82) is 0 Å². The topological polar surface area (TPSA) is 55.8 Å². The molecule has 1 spiro atoms. The number of halogens is 2. The van der Waals surface area contributed by atoms with Gasteiger partial charge in [0.2, 0.25) is 0 Å². The van der Waals surface area contributed by atoms with Gasteiger partial charge in [0.05, 0.1) is 7.11 Å². The predicted molar refractivity (Wildman–Crippen MR) is 80.8 cm³/mol. The number of hydrogen-bond donors (Lipinski definition) is 0. The lowest BCUT2D eigenvalue weighted by Crippen LogP contribution is -2.48. The van der Waals surface area contributed by atoms with Crippen LogP contribution < -0.4 is 0 Å². The quantitative estimate of drug-likeness (QED) is 0.610. The first-order chi connectivity index (χ1) is 10.4. The highest BCUT2D eigenvalue weighted by Gasteiger charge is 2.56. The van der Waals surface area contributed by atoms with E-state index in [0.717, 1.165) is 0 Å². The molecule has 2 aliphatic heterocycles. The molecule has 0 aromatic heterocycles. The molecular weight excluding hydrogens is 329 g/mol. The van der Waals surface area contributed by atoms with Gasteiger partial charge >= 0.3 is 5.97 Å². The SMILES string of the molecule is CON1CCC2(CC1)OC(=O)C(c1cc(Cl)cc(Cl)c1)C2=O. The maximum atomic E-state index is 12.8. The van der Waals surface area contributed by atoms with Crippen molar-refractivity contribution in [3.8, 4) is 0 Å². The third kappa shape index (κ3) is 2.63. The molecule has 7 heteroatoms. The van der Waals surface area contributed by atoms with Gasteiger partial charge in [-0.15, -0.1) is 0 Å². The van der Waals surface area contributed by atoms with E-state index in [1.807, 2.05) is 0 Å². The van der Waals surface area contributed by atoms with Crippen LogP contribution in [0.4, 0.5) is 0 Å². The molecule has 0 aliphatic carbocycles. The zero-order valence-corrected chi connectivity index (χ0v) is 13.5. The molecule has 3 rings (SSSR count). The summed E-state index contributed by atoms with van der Waals surface area (Å²) in [4.78, 5) is 30.2. The van der Waals surface area contributed by atoms with E-state index in [4.69, 9.17) is 32.8 Å². The Labute approximate surface area is 138 Å². The molecule has 1 aromatic carbocycles. The molecule has 2 aliphatic rings. The van der Waals surface area contributed by atoms with Crippen LogP contribution in [0, 0.1) is 0 Å². The molecule has 118 valence electrons. The monoisotopic (exact) mass is 343 g/mol. The molecule has 0 bridgehead atoms. The third-order valence-corrected chi connectivity index (χ3v) is 4.69. The summed E-state index contributed by atoms with van der Waals surface area (Å²) < 4.78 is 5.48. The van der Waals surface area contributed by atoms with Crippen LogP contribution in [0.3, 0.4) is 0 Å². The Kier molecular flexibility index (Phi) is 4.16. The lowest BCUT2D eigenvalue weighted by molar-refractivity contribution is -0.184. The van der Waals surface area contributed by atoms with E-state index in [2.05, 4.69) is 0 Å². The molecule has 0 saturated carbocycles. The van der Waals surface area contributed by atoms with Crippen molar-refractivity contribution in [1.82, 2.24) is 5.06 Å². The number of piperidine rings is 1. The summed E-state index contributed by atoms with van der Waals surface area (Å²) in [5.74, 6) is -1.70. The van der Waals surface area contributed by atoms with Crippen LogP contribution >= 0.6 is 23.2 Å². The first kappa shape index (κ1) is 15.7. The maximum Gasteiger partial charge on any atom is 0.322 e. The van der Waals surface area contributed by atoms with E-state index in [-0.39, 0.29) is 5.78 Å². The summed E-state index contributed by atoms with van der Waals surface area (Å²) in [6, 6.07) is 4.73. The summed E-state index contributed by atoms with van der Waals surface area (Å²) in [6.45, 7) is 1.08. The zero-order valence-electron chi connectivity index (χ0n) is 12.0. The predicted octanol–water partition coefficient (Wildman–Crippen LogP) is 2.60. The van der Waals surface area contributed by atoms with Gasteiger partial charge in [-0.3, -0.25) is 9.59 Å². The van der Waals surface area contributed by atoms with E-state index in [1.165, 1.54) is 0 Å². The number of hydroxylamine groups is 2. The average Bonchev–Trinajstić information content (AvgIpc) is 2.70. The standard InChI is InChI=1S/C15H15Cl2NO4/c1-21-18-4-2-15(3-5-18)13(19)12(14(20)22-15)9-6-10(16)8-11(17)7-9/h6-8,12H,2-5H2,1H3. The van der Waals surface area contributed by atoms with E-state index < -0.39 is 17.5 Å². The van der Waals surface area contributed by atoms with Crippen molar-refractivity contribution in [2.45, 2.75) is 24.4 Å². The number of carbonyl (C=O) groups excluding carboxylic acids is 2. The largest absolute Gasteiger partial charge is 0.450 e. The van der Waals surface area contributed by atoms with Gasteiger partial charge in [0.1, 0.15) is 5.92 Å². The van der Waals surface area contributed by atoms with E-state index >= 15 is 0 Å². The van der Waals surface area contributed by atoms with Crippen molar-refractivity contribution < 1.29 is 19.2 Å². The lowest BCUT2D eigenvalue weighted by atomic mass is 9.82. The van der Waals surface area contributed by atoms with Gasteiger partial charge in [-0.05, 0) is 23.8 Å². The molecule has 22 heavy (non-hydrogen) atoms. The Morgan fingerprint density at radius 3 is 2.32 bits per heavy atom. The molecule has 2 fully saturated rings. The molecule has 1 aromatic rings. The Morgan fingerprint density at radius 1 is 1.18 bits per heavy atom. The van der Waals surface area contributed by atoms with Crippen LogP contribution in [0.25, 0.3) is 0 Å². The second-order valence-corrected chi connectivity index (χ2v) is 6.40. The van der Waals surface area contributed by atoms with E-state index in [1.54, 1.807) is 30.4 Å². The normalized spacial score (nSPS) is 24.8. The molecule has 1 atom stereocenters. The highest BCUT2D eigenvalue weighted by molar-refractivity contribution is 6.34. The van der Waals surface area contributed by atoms with Crippen molar-refractivity contribution in [2.75, 3.05) is 20.2 Å². The molecule has 2 saturated heterocycles. The number of hydrogen-bond acceptors (Lipinski definition) is 5. The third-order valence-electron chi connectivity index (χ3n) is 4.25. The molecule has 2 heterocycles. The Balaban J connectivity index is 1.89. The van der Waals surface area contributed by atoms with Gasteiger partial charge in [-0.2, -0.15) is 5.06 Å². The minimum atomic E-state index is -1.05. The van der Waals surface area contributed by atoms with Crippen LogP contribution in [-0.2, 0) is 19.2 Å². The van der Waals surface area contributed by atoms with Crippen LogP contribution in [0.15, 0.2) is 18.2 Å². The second kappa shape index (κ2) is 5.81. The van der Waals surface area contributed by atoms with Gasteiger partial charge in [-0.1, -0.05) is 23.2 Å². The van der Waals surface area contributed by atoms with Crippen molar-refractivity contribution >= 4 is 35.0 Å². The summed E-state index contributed by atoms with van der Waals surface area (Å²) in [5.41, 5.74) is -0.565. The van der Waals surface area contributed by atoms with Crippen LogP contribution in [0.1, 0.15) is 24.3 Å². The van der Waals surface area contributed by atoms with E-state index in [0.29, 0.717) is 41.5 Å². The van der Waals surface area contributed by atoms with Gasteiger partial charge < -0.3 is 9.57 Å². The smallest absolute Gasteiger partial charge is 0.322 e. The molecule has 0 amide bonds. The highest BCUT2D eigenvalue weighted by atomic mass is 35.5.